The molecule has 2 aromatic rings. The third-order valence-corrected chi connectivity index (χ3v) is 2.71. The van der Waals surface area contributed by atoms with E-state index >= 15 is 0 Å². The lowest BCUT2D eigenvalue weighted by atomic mass is 10.1. The number of nitrogens with one attached hydrogen (secondary N) is 2. The number of anilines is 1. The number of H-pyrrole nitrogens is 1. The molecule has 0 unspecified atom stereocenters. The van der Waals surface area contributed by atoms with Gasteiger partial charge in [-0.25, -0.2) is 0 Å². The number of aryl methyl sites for hydroxylation is 2. The average Bonchev–Trinajstić information content (AvgIpc) is 2.80. The van der Waals surface area contributed by atoms with E-state index in [1.54, 1.807) is 25.1 Å². The molecule has 1 aromatic carbocycles. The molecule has 2 rings (SSSR count). The third-order valence-electron chi connectivity index (χ3n) is 2.71. The van der Waals surface area contributed by atoms with Crippen molar-refractivity contribution in [2.45, 2.75) is 20.3 Å². The van der Waals surface area contributed by atoms with E-state index in [9.17, 15) is 9.90 Å². The summed E-state index contributed by atoms with van der Waals surface area (Å²) in [4.78, 5) is 11.9. The van der Waals surface area contributed by atoms with Crippen LogP contribution in [0.4, 0.5) is 5.82 Å². The summed E-state index contributed by atoms with van der Waals surface area (Å²) < 4.78 is 0. The minimum absolute atomic E-state index is 0.180. The SMILES string of the molecule is CCc1cc(NC(=O)c2ccc(O)c(C)c2)n[nH]1. The van der Waals surface area contributed by atoms with Crippen LogP contribution >= 0.6 is 0 Å². The molecule has 1 heterocycles. The average molecular weight is 245 g/mol. The minimum Gasteiger partial charge on any atom is -0.508 e. The van der Waals surface area contributed by atoms with E-state index in [4.69, 9.17) is 0 Å². The van der Waals surface area contributed by atoms with E-state index in [0.717, 1.165) is 12.1 Å². The molecule has 0 aliphatic carbocycles. The fourth-order valence-corrected chi connectivity index (χ4v) is 1.59. The maximum absolute atomic E-state index is 11.9. The van der Waals surface area contributed by atoms with Crippen molar-refractivity contribution in [2.75, 3.05) is 5.32 Å². The zero-order valence-electron chi connectivity index (χ0n) is 10.3. The second-order valence-corrected chi connectivity index (χ2v) is 4.09. The highest BCUT2D eigenvalue weighted by Gasteiger charge is 2.09. The standard InChI is InChI=1S/C13H15N3O2/c1-3-10-7-12(16-15-10)14-13(18)9-4-5-11(17)8(2)6-9/h4-7,17H,3H2,1-2H3,(H2,14,15,16,18). The van der Waals surface area contributed by atoms with Crippen LogP contribution in [0.2, 0.25) is 0 Å². The van der Waals surface area contributed by atoms with Crippen molar-refractivity contribution in [3.05, 3.63) is 41.1 Å². The molecule has 0 fully saturated rings. The van der Waals surface area contributed by atoms with Gasteiger partial charge in [-0.05, 0) is 37.1 Å². The first-order valence-corrected chi connectivity index (χ1v) is 5.75. The van der Waals surface area contributed by atoms with Crippen LogP contribution in [-0.2, 0) is 6.42 Å². The van der Waals surface area contributed by atoms with Crippen LogP contribution in [0.5, 0.6) is 5.75 Å². The number of amides is 1. The zero-order valence-corrected chi connectivity index (χ0v) is 10.3. The Balaban J connectivity index is 2.14. The highest BCUT2D eigenvalue weighted by atomic mass is 16.3. The van der Waals surface area contributed by atoms with Crippen LogP contribution < -0.4 is 5.32 Å². The monoisotopic (exact) mass is 245 g/mol. The largest absolute Gasteiger partial charge is 0.508 e. The van der Waals surface area contributed by atoms with E-state index in [1.807, 2.05) is 6.92 Å². The summed E-state index contributed by atoms with van der Waals surface area (Å²) in [6, 6.07) is 6.51. The van der Waals surface area contributed by atoms with Crippen LogP contribution in [0.1, 0.15) is 28.5 Å². The topological polar surface area (TPSA) is 78.0 Å². The first kappa shape index (κ1) is 12.2. The Kier molecular flexibility index (Phi) is 3.32. The smallest absolute Gasteiger partial charge is 0.256 e. The van der Waals surface area contributed by atoms with Gasteiger partial charge in [-0.15, -0.1) is 0 Å². The Morgan fingerprint density at radius 2 is 2.22 bits per heavy atom. The first-order valence-electron chi connectivity index (χ1n) is 5.75. The summed E-state index contributed by atoms with van der Waals surface area (Å²) >= 11 is 0. The molecular weight excluding hydrogens is 230 g/mol. The quantitative estimate of drug-likeness (QED) is 0.776. The lowest BCUT2D eigenvalue weighted by molar-refractivity contribution is 0.102. The second kappa shape index (κ2) is 4.91. The number of hydrogen-bond donors (Lipinski definition) is 3. The summed E-state index contributed by atoms with van der Waals surface area (Å²) in [6.07, 6.45) is 0.835. The van der Waals surface area contributed by atoms with Gasteiger partial charge in [-0.2, -0.15) is 5.10 Å². The van der Waals surface area contributed by atoms with E-state index in [2.05, 4.69) is 15.5 Å². The van der Waals surface area contributed by atoms with Gasteiger partial charge in [0.25, 0.3) is 5.91 Å². The highest BCUT2D eigenvalue weighted by Crippen LogP contribution is 2.17. The normalized spacial score (nSPS) is 10.3. The van der Waals surface area contributed by atoms with Gasteiger partial charge < -0.3 is 10.4 Å². The number of nitrogens with zero attached hydrogens (tertiary/aromatic N) is 1. The summed E-state index contributed by atoms with van der Waals surface area (Å²) in [5, 5.41) is 18.9. The predicted molar refractivity (Wildman–Crippen MR) is 68.8 cm³/mol. The maximum atomic E-state index is 11.9. The van der Waals surface area contributed by atoms with Crippen molar-refractivity contribution in [1.29, 1.82) is 0 Å². The van der Waals surface area contributed by atoms with Gasteiger partial charge in [0.05, 0.1) is 0 Å². The molecule has 5 heteroatoms. The number of aromatic hydroxyl groups is 1. The molecule has 18 heavy (non-hydrogen) atoms. The molecule has 0 saturated heterocycles. The van der Waals surface area contributed by atoms with E-state index in [1.165, 1.54) is 6.07 Å². The van der Waals surface area contributed by atoms with Crippen molar-refractivity contribution >= 4 is 11.7 Å². The number of carbonyl (C=O) groups is 1. The number of carbonyl (C=O) groups excluding carboxylic acids is 1. The van der Waals surface area contributed by atoms with Gasteiger partial charge in [0.1, 0.15) is 5.75 Å². The number of aromatic amines is 1. The van der Waals surface area contributed by atoms with Crippen LogP contribution in [0, 0.1) is 6.92 Å². The molecule has 0 atom stereocenters. The molecular formula is C13H15N3O2. The summed E-state index contributed by atoms with van der Waals surface area (Å²) in [6.45, 7) is 3.75. The van der Waals surface area contributed by atoms with Crippen LogP contribution in [-0.4, -0.2) is 21.2 Å². The lowest BCUT2D eigenvalue weighted by Gasteiger charge is -2.04. The van der Waals surface area contributed by atoms with Crippen molar-refractivity contribution in [1.82, 2.24) is 10.2 Å². The Bertz CT molecular complexity index is 575. The lowest BCUT2D eigenvalue weighted by Crippen LogP contribution is -2.12. The molecule has 0 aliphatic heterocycles. The Hall–Kier alpha value is -2.30. The molecule has 0 aliphatic rings. The molecule has 1 amide bonds. The molecule has 5 nitrogen and oxygen atoms in total. The Labute approximate surface area is 105 Å². The van der Waals surface area contributed by atoms with E-state index < -0.39 is 0 Å². The minimum atomic E-state index is -0.243. The van der Waals surface area contributed by atoms with Gasteiger partial charge in [-0.1, -0.05) is 6.92 Å². The molecule has 1 aromatic heterocycles. The number of aromatic nitrogens is 2. The fraction of sp³-hybridized carbons (Fsp3) is 0.231. The van der Waals surface area contributed by atoms with Gasteiger partial charge >= 0.3 is 0 Å². The first-order chi connectivity index (χ1) is 8.60. The highest BCUT2D eigenvalue weighted by molar-refractivity contribution is 6.04. The summed E-state index contributed by atoms with van der Waals surface area (Å²) in [5.74, 6) is 0.439. The Morgan fingerprint density at radius 3 is 2.83 bits per heavy atom. The van der Waals surface area contributed by atoms with Gasteiger partial charge in [0.15, 0.2) is 5.82 Å². The number of hydrogen-bond acceptors (Lipinski definition) is 3. The van der Waals surface area contributed by atoms with Crippen molar-refractivity contribution in [2.24, 2.45) is 0 Å². The Morgan fingerprint density at radius 1 is 1.44 bits per heavy atom. The molecule has 94 valence electrons. The molecule has 0 saturated carbocycles. The van der Waals surface area contributed by atoms with Crippen LogP contribution in [0.15, 0.2) is 24.3 Å². The summed E-state index contributed by atoms with van der Waals surface area (Å²) in [5.41, 5.74) is 2.12. The predicted octanol–water partition coefficient (Wildman–Crippen LogP) is 2.24. The van der Waals surface area contributed by atoms with Crippen molar-refractivity contribution < 1.29 is 9.90 Å². The second-order valence-electron chi connectivity index (χ2n) is 4.09. The van der Waals surface area contributed by atoms with E-state index in [0.29, 0.717) is 16.9 Å². The maximum Gasteiger partial charge on any atom is 0.256 e. The number of phenols is 1. The van der Waals surface area contributed by atoms with Crippen molar-refractivity contribution in [3.8, 4) is 5.75 Å². The zero-order chi connectivity index (χ0) is 13.1. The molecule has 3 N–H and O–H groups in total. The van der Waals surface area contributed by atoms with Gasteiger partial charge in [-0.3, -0.25) is 9.89 Å². The fourth-order valence-electron chi connectivity index (χ4n) is 1.59. The molecule has 0 bridgehead atoms. The number of rotatable bonds is 3. The van der Waals surface area contributed by atoms with Crippen molar-refractivity contribution in [3.63, 3.8) is 0 Å². The van der Waals surface area contributed by atoms with Gasteiger partial charge in [0, 0.05) is 17.3 Å². The van der Waals surface area contributed by atoms with Crippen LogP contribution in [0.25, 0.3) is 0 Å². The van der Waals surface area contributed by atoms with Gasteiger partial charge in [0.2, 0.25) is 0 Å². The van der Waals surface area contributed by atoms with Crippen LogP contribution in [0.3, 0.4) is 0 Å². The summed E-state index contributed by atoms with van der Waals surface area (Å²) in [7, 11) is 0. The molecule has 0 radical (unpaired) electrons. The van der Waals surface area contributed by atoms with E-state index in [-0.39, 0.29) is 11.7 Å². The third kappa shape index (κ3) is 2.51. The molecule has 0 spiro atoms. The number of benzene rings is 1. The number of phenolic OH excluding ortho intramolecular Hbond substituents is 1.